The van der Waals surface area contributed by atoms with Crippen molar-refractivity contribution in [1.29, 1.82) is 0 Å². The van der Waals surface area contributed by atoms with Crippen molar-refractivity contribution in [2.75, 3.05) is 4.57 Å². The second kappa shape index (κ2) is 8.64. The van der Waals surface area contributed by atoms with E-state index in [9.17, 15) is 4.79 Å². The molecule has 0 aliphatic rings. The molecule has 8 heteroatoms. The minimum absolute atomic E-state index is 0.174. The Morgan fingerprint density at radius 1 is 1.00 bits per heavy atom. The molecule has 6 nitrogen and oxygen atoms in total. The SMILES string of the molecule is CCCCCCCC(=O)N(c1ncnc2c1ncn2[Si](C)(C)C)[Si](C)(C)C. The second-order valence-electron chi connectivity index (χ2n) is 9.22. The number of imidazole rings is 1. The molecule has 0 aliphatic heterocycles. The van der Waals surface area contributed by atoms with Crippen LogP contribution in [0.15, 0.2) is 12.7 Å². The van der Waals surface area contributed by atoms with Gasteiger partial charge in [-0.1, -0.05) is 71.9 Å². The van der Waals surface area contributed by atoms with Crippen molar-refractivity contribution in [1.82, 2.24) is 19.2 Å². The van der Waals surface area contributed by atoms with Crippen LogP contribution in [0.25, 0.3) is 11.2 Å². The monoisotopic (exact) mass is 405 g/mol. The number of amides is 1. The molecule has 1 amide bonds. The fourth-order valence-corrected chi connectivity index (χ4v) is 6.14. The number of carbonyl (C=O) groups is 1. The van der Waals surface area contributed by atoms with E-state index in [0.717, 1.165) is 24.0 Å². The van der Waals surface area contributed by atoms with Crippen LogP contribution in [0.1, 0.15) is 45.4 Å². The van der Waals surface area contributed by atoms with Crippen molar-refractivity contribution in [2.24, 2.45) is 0 Å². The lowest BCUT2D eigenvalue weighted by atomic mass is 10.1. The van der Waals surface area contributed by atoms with Crippen molar-refractivity contribution < 1.29 is 4.79 Å². The van der Waals surface area contributed by atoms with E-state index in [4.69, 9.17) is 0 Å². The van der Waals surface area contributed by atoms with E-state index in [-0.39, 0.29) is 5.91 Å². The van der Waals surface area contributed by atoms with Gasteiger partial charge in [-0.25, -0.2) is 15.0 Å². The van der Waals surface area contributed by atoms with E-state index >= 15 is 0 Å². The quantitative estimate of drug-likeness (QED) is 0.433. The van der Waals surface area contributed by atoms with Gasteiger partial charge in [-0.15, -0.1) is 0 Å². The van der Waals surface area contributed by atoms with E-state index in [2.05, 4.69) is 65.4 Å². The zero-order valence-electron chi connectivity index (χ0n) is 18.0. The number of nitrogens with zero attached hydrogens (tertiary/aromatic N) is 5. The van der Waals surface area contributed by atoms with E-state index < -0.39 is 16.5 Å². The third kappa shape index (κ3) is 5.25. The first-order chi connectivity index (χ1) is 12.6. The molecule has 150 valence electrons. The number of fused-ring (bicyclic) bond motifs is 1. The Balaban J connectivity index is 2.35. The third-order valence-electron chi connectivity index (χ3n) is 4.66. The van der Waals surface area contributed by atoms with Gasteiger partial charge in [0.25, 0.3) is 0 Å². The number of anilines is 1. The summed E-state index contributed by atoms with van der Waals surface area (Å²) < 4.78 is 4.14. The molecule has 2 heterocycles. The van der Waals surface area contributed by atoms with Crippen LogP contribution in [-0.2, 0) is 4.79 Å². The lowest BCUT2D eigenvalue weighted by Crippen LogP contribution is -2.50. The number of unbranched alkanes of at least 4 members (excludes halogenated alkanes) is 4. The maximum atomic E-state index is 13.1. The van der Waals surface area contributed by atoms with Crippen LogP contribution in [0, 0.1) is 0 Å². The lowest BCUT2D eigenvalue weighted by molar-refractivity contribution is -0.117. The van der Waals surface area contributed by atoms with Gasteiger partial charge in [-0.3, -0.25) is 4.79 Å². The summed E-state index contributed by atoms with van der Waals surface area (Å²) in [7, 11) is -3.60. The highest BCUT2D eigenvalue weighted by atomic mass is 28.3. The molecule has 0 unspecified atom stereocenters. The van der Waals surface area contributed by atoms with Crippen LogP contribution in [-0.4, -0.2) is 41.6 Å². The van der Waals surface area contributed by atoms with Gasteiger partial charge in [0.2, 0.25) is 5.91 Å². The van der Waals surface area contributed by atoms with Gasteiger partial charge < -0.3 is 8.80 Å². The van der Waals surface area contributed by atoms with E-state index in [1.165, 1.54) is 19.3 Å². The molecule has 0 saturated carbocycles. The molecule has 0 aliphatic carbocycles. The largest absolute Gasteiger partial charge is 0.344 e. The molecule has 0 radical (unpaired) electrons. The Labute approximate surface area is 165 Å². The van der Waals surface area contributed by atoms with Crippen LogP contribution in [0.5, 0.6) is 0 Å². The smallest absolute Gasteiger partial charge is 0.220 e. The predicted octanol–water partition coefficient (Wildman–Crippen LogP) is 5.04. The second-order valence-corrected chi connectivity index (χ2v) is 18.8. The average molecular weight is 406 g/mol. The molecule has 2 rings (SSSR count). The summed E-state index contributed by atoms with van der Waals surface area (Å²) in [4.78, 5) is 26.8. The molecular weight excluding hydrogens is 370 g/mol. The Morgan fingerprint density at radius 3 is 2.26 bits per heavy atom. The van der Waals surface area contributed by atoms with Crippen LogP contribution >= 0.6 is 0 Å². The maximum absolute atomic E-state index is 13.1. The van der Waals surface area contributed by atoms with Crippen LogP contribution < -0.4 is 4.57 Å². The van der Waals surface area contributed by atoms with E-state index in [1.54, 1.807) is 6.33 Å². The first-order valence-corrected chi connectivity index (χ1v) is 17.0. The zero-order chi connectivity index (χ0) is 20.2. The van der Waals surface area contributed by atoms with Crippen molar-refractivity contribution >= 4 is 39.4 Å². The maximum Gasteiger partial charge on any atom is 0.220 e. The molecule has 27 heavy (non-hydrogen) atoms. The molecule has 0 atom stereocenters. The van der Waals surface area contributed by atoms with Gasteiger partial charge in [0.15, 0.2) is 27.9 Å². The highest BCUT2D eigenvalue weighted by Gasteiger charge is 2.33. The summed E-state index contributed by atoms with van der Waals surface area (Å²) in [6, 6.07) is 0. The fraction of sp³-hybridized carbons (Fsp3) is 0.684. The minimum Gasteiger partial charge on any atom is -0.344 e. The van der Waals surface area contributed by atoms with Gasteiger partial charge >= 0.3 is 0 Å². The number of hydrogen-bond donors (Lipinski definition) is 0. The van der Waals surface area contributed by atoms with E-state index in [1.807, 2.05) is 10.9 Å². The molecule has 0 N–H and O–H groups in total. The minimum atomic E-state index is -1.96. The van der Waals surface area contributed by atoms with Crippen molar-refractivity contribution in [3.05, 3.63) is 12.7 Å². The standard InChI is InChI=1S/C19H35N5OSi2/c1-8-9-10-11-12-13-16(25)24(27(5,6)7)19-17-18(20-14-21-19)23(15-22-17)26(2,3)4/h14-15H,8-13H2,1-7H3. The molecule has 0 spiro atoms. The number of aromatic nitrogens is 4. The van der Waals surface area contributed by atoms with Gasteiger partial charge in [-0.2, -0.15) is 0 Å². The summed E-state index contributed by atoms with van der Waals surface area (Å²) in [6.07, 6.45) is 9.74. The highest BCUT2D eigenvalue weighted by molar-refractivity contribution is 6.83. The van der Waals surface area contributed by atoms with Crippen LogP contribution in [0.3, 0.4) is 0 Å². The van der Waals surface area contributed by atoms with Gasteiger partial charge in [0.05, 0.1) is 6.33 Å². The Bertz CT molecular complexity index is 776. The summed E-state index contributed by atoms with van der Waals surface area (Å²) in [6.45, 7) is 15.5. The Morgan fingerprint density at radius 2 is 1.67 bits per heavy atom. The van der Waals surface area contributed by atoms with Crippen LogP contribution in [0.2, 0.25) is 39.3 Å². The lowest BCUT2D eigenvalue weighted by Gasteiger charge is -2.33. The van der Waals surface area contributed by atoms with Crippen molar-refractivity contribution in [3.8, 4) is 0 Å². The highest BCUT2D eigenvalue weighted by Crippen LogP contribution is 2.28. The predicted molar refractivity (Wildman–Crippen MR) is 118 cm³/mol. The molecule has 0 fully saturated rings. The summed E-state index contributed by atoms with van der Waals surface area (Å²) in [5.41, 5.74) is 1.60. The van der Waals surface area contributed by atoms with E-state index in [0.29, 0.717) is 12.2 Å². The molecular formula is C19H35N5OSi2. The topological polar surface area (TPSA) is 63.9 Å². The number of carbonyl (C=O) groups excluding carboxylic acids is 1. The fourth-order valence-electron chi connectivity index (χ4n) is 3.28. The van der Waals surface area contributed by atoms with Crippen molar-refractivity contribution in [3.63, 3.8) is 0 Å². The molecule has 0 bridgehead atoms. The first-order valence-electron chi connectivity index (χ1n) is 10.1. The Kier molecular flexibility index (Phi) is 6.96. The molecule has 0 aromatic carbocycles. The Hall–Kier alpha value is -1.55. The molecule has 2 aromatic rings. The number of rotatable bonds is 9. The zero-order valence-corrected chi connectivity index (χ0v) is 20.0. The molecule has 0 saturated heterocycles. The average Bonchev–Trinajstić information content (AvgIpc) is 2.98. The van der Waals surface area contributed by atoms with Gasteiger partial charge in [0.1, 0.15) is 11.8 Å². The number of hydrogen-bond acceptors (Lipinski definition) is 4. The van der Waals surface area contributed by atoms with Gasteiger partial charge in [0, 0.05) is 6.42 Å². The normalized spacial score (nSPS) is 12.6. The summed E-state index contributed by atoms with van der Waals surface area (Å²) >= 11 is 0. The molecule has 2 aromatic heterocycles. The van der Waals surface area contributed by atoms with Crippen molar-refractivity contribution in [2.45, 2.75) is 84.7 Å². The summed E-state index contributed by atoms with van der Waals surface area (Å²) in [5.74, 6) is 0.864. The van der Waals surface area contributed by atoms with Gasteiger partial charge in [-0.05, 0) is 6.42 Å². The third-order valence-corrected chi connectivity index (χ3v) is 8.24. The summed E-state index contributed by atoms with van der Waals surface area (Å²) in [5, 5.41) is 0. The first kappa shape index (κ1) is 21.8. The van der Waals surface area contributed by atoms with Crippen LogP contribution in [0.4, 0.5) is 5.82 Å².